The summed E-state index contributed by atoms with van der Waals surface area (Å²) in [4.78, 5) is 20.2. The normalized spacial score (nSPS) is 19.9. The zero-order chi connectivity index (χ0) is 15.8. The van der Waals surface area contributed by atoms with E-state index in [2.05, 4.69) is 26.9 Å². The highest BCUT2D eigenvalue weighted by Gasteiger charge is 2.32. The summed E-state index contributed by atoms with van der Waals surface area (Å²) in [5, 5.41) is 1.11. The van der Waals surface area contributed by atoms with E-state index >= 15 is 0 Å². The summed E-state index contributed by atoms with van der Waals surface area (Å²) < 4.78 is 5.41. The van der Waals surface area contributed by atoms with Crippen molar-refractivity contribution in [3.05, 3.63) is 45.7 Å². The third-order valence-electron chi connectivity index (χ3n) is 4.97. The molecule has 3 heterocycles. The van der Waals surface area contributed by atoms with E-state index in [-0.39, 0.29) is 18.0 Å². The van der Waals surface area contributed by atoms with E-state index in [4.69, 9.17) is 4.74 Å². The molecule has 0 amide bonds. The van der Waals surface area contributed by atoms with Crippen molar-refractivity contribution in [1.82, 2.24) is 14.8 Å². The highest BCUT2D eigenvalue weighted by Crippen LogP contribution is 2.19. The lowest BCUT2D eigenvalue weighted by atomic mass is 10.0. The van der Waals surface area contributed by atoms with E-state index in [1.54, 1.807) is 0 Å². The maximum absolute atomic E-state index is 12.3. The molecule has 2 fully saturated rings. The smallest absolute Gasteiger partial charge is 0.252 e. The first-order valence-electron chi connectivity index (χ1n) is 8.36. The van der Waals surface area contributed by atoms with Gasteiger partial charge in [0.05, 0.1) is 13.2 Å². The Bertz CT molecular complexity index is 764. The Kier molecular flexibility index (Phi) is 5.25. The summed E-state index contributed by atoms with van der Waals surface area (Å²) in [5.41, 5.74) is 2.99. The minimum atomic E-state index is 0. The van der Waals surface area contributed by atoms with Gasteiger partial charge < -0.3 is 9.72 Å². The zero-order valence-corrected chi connectivity index (χ0v) is 14.8. The fourth-order valence-corrected chi connectivity index (χ4v) is 3.56. The fraction of sp³-hybridized carbons (Fsp3) is 0.500. The third-order valence-corrected chi connectivity index (χ3v) is 4.97. The molecule has 130 valence electrons. The number of aryl methyl sites for hydroxylation is 1. The van der Waals surface area contributed by atoms with E-state index in [9.17, 15) is 4.79 Å². The van der Waals surface area contributed by atoms with Crippen molar-refractivity contribution < 1.29 is 4.74 Å². The number of hydrogen-bond donors (Lipinski definition) is 1. The summed E-state index contributed by atoms with van der Waals surface area (Å²) in [6.07, 6.45) is 0. The summed E-state index contributed by atoms with van der Waals surface area (Å²) in [6, 6.07) is 8.86. The number of nitrogens with zero attached hydrogens (tertiary/aromatic N) is 2. The Morgan fingerprint density at radius 1 is 1.21 bits per heavy atom. The summed E-state index contributed by atoms with van der Waals surface area (Å²) in [7, 11) is 0. The Labute approximate surface area is 148 Å². The number of aromatic amines is 1. The van der Waals surface area contributed by atoms with Crippen LogP contribution in [0.3, 0.4) is 0 Å². The predicted octanol–water partition coefficient (Wildman–Crippen LogP) is 1.77. The predicted molar refractivity (Wildman–Crippen MR) is 98.0 cm³/mol. The SMILES string of the molecule is Cc1ccc2cc(CN3CC(N4CCOCC4)C3)c(=O)[nH]c2c1.Cl. The molecule has 5 nitrogen and oxygen atoms in total. The maximum Gasteiger partial charge on any atom is 0.252 e. The van der Waals surface area contributed by atoms with E-state index < -0.39 is 0 Å². The van der Waals surface area contributed by atoms with Gasteiger partial charge in [0.1, 0.15) is 0 Å². The molecule has 0 spiro atoms. The first kappa shape index (κ1) is 17.4. The molecular weight excluding hydrogens is 326 g/mol. The number of pyridine rings is 1. The van der Waals surface area contributed by atoms with Gasteiger partial charge in [-0.3, -0.25) is 14.6 Å². The average Bonchev–Trinajstić information content (AvgIpc) is 2.51. The fourth-order valence-electron chi connectivity index (χ4n) is 3.56. The van der Waals surface area contributed by atoms with Crippen LogP contribution in [0.5, 0.6) is 0 Å². The van der Waals surface area contributed by atoms with E-state index in [1.807, 2.05) is 19.1 Å². The molecule has 2 aliphatic rings. The molecule has 1 aromatic carbocycles. The zero-order valence-electron chi connectivity index (χ0n) is 14.0. The molecule has 0 saturated carbocycles. The average molecular weight is 350 g/mol. The second-order valence-electron chi connectivity index (χ2n) is 6.71. The standard InChI is InChI=1S/C18H23N3O2.ClH/c1-13-2-3-14-9-15(18(22)19-17(14)8-13)10-20-11-16(12-20)21-4-6-23-7-5-21;/h2-3,8-9,16H,4-7,10-12H2,1H3,(H,19,22);1H. The molecule has 2 aliphatic heterocycles. The van der Waals surface area contributed by atoms with Gasteiger partial charge in [0, 0.05) is 49.8 Å². The number of aromatic nitrogens is 1. The number of halogens is 1. The summed E-state index contributed by atoms with van der Waals surface area (Å²) in [6.45, 7) is 8.64. The van der Waals surface area contributed by atoms with E-state index in [0.29, 0.717) is 6.04 Å². The first-order valence-corrected chi connectivity index (χ1v) is 8.36. The Morgan fingerprint density at radius 2 is 1.96 bits per heavy atom. The number of nitrogens with one attached hydrogen (secondary N) is 1. The van der Waals surface area contributed by atoms with Gasteiger partial charge >= 0.3 is 0 Å². The Morgan fingerprint density at radius 3 is 2.71 bits per heavy atom. The van der Waals surface area contributed by atoms with Gasteiger partial charge in [-0.05, 0) is 30.0 Å². The molecule has 0 unspecified atom stereocenters. The van der Waals surface area contributed by atoms with Gasteiger partial charge in [-0.2, -0.15) is 0 Å². The van der Waals surface area contributed by atoms with Crippen molar-refractivity contribution in [2.24, 2.45) is 0 Å². The summed E-state index contributed by atoms with van der Waals surface area (Å²) >= 11 is 0. The molecule has 0 bridgehead atoms. The topological polar surface area (TPSA) is 48.6 Å². The largest absolute Gasteiger partial charge is 0.379 e. The molecule has 1 aromatic heterocycles. The molecule has 1 N–H and O–H groups in total. The van der Waals surface area contributed by atoms with Crippen LogP contribution < -0.4 is 5.56 Å². The number of H-pyrrole nitrogens is 1. The van der Waals surface area contributed by atoms with Gasteiger partial charge in [0.2, 0.25) is 0 Å². The lowest BCUT2D eigenvalue weighted by Crippen LogP contribution is -2.61. The van der Waals surface area contributed by atoms with Gasteiger partial charge in [-0.25, -0.2) is 0 Å². The van der Waals surface area contributed by atoms with Crippen LogP contribution in [0.15, 0.2) is 29.1 Å². The van der Waals surface area contributed by atoms with Gasteiger partial charge in [-0.15, -0.1) is 12.4 Å². The number of benzene rings is 1. The monoisotopic (exact) mass is 349 g/mol. The molecule has 0 aliphatic carbocycles. The lowest BCUT2D eigenvalue weighted by molar-refractivity contribution is -0.0345. The van der Waals surface area contributed by atoms with E-state index in [1.165, 1.54) is 0 Å². The third kappa shape index (κ3) is 3.49. The van der Waals surface area contributed by atoms with Crippen LogP contribution in [0.4, 0.5) is 0 Å². The van der Waals surface area contributed by atoms with Crippen molar-refractivity contribution in [2.45, 2.75) is 19.5 Å². The molecular formula is C18H24ClN3O2. The Balaban J connectivity index is 0.00000169. The molecule has 2 saturated heterocycles. The van der Waals surface area contributed by atoms with E-state index in [0.717, 1.165) is 68.0 Å². The van der Waals surface area contributed by atoms with Crippen molar-refractivity contribution in [2.75, 3.05) is 39.4 Å². The minimum Gasteiger partial charge on any atom is -0.379 e. The first-order chi connectivity index (χ1) is 11.2. The second kappa shape index (κ2) is 7.23. The van der Waals surface area contributed by atoms with Crippen LogP contribution in [-0.2, 0) is 11.3 Å². The lowest BCUT2D eigenvalue weighted by Gasteiger charge is -2.46. The van der Waals surface area contributed by atoms with Crippen molar-refractivity contribution in [1.29, 1.82) is 0 Å². The Hall–Kier alpha value is -1.40. The van der Waals surface area contributed by atoms with Gasteiger partial charge in [0.25, 0.3) is 5.56 Å². The minimum absolute atomic E-state index is 0. The maximum atomic E-state index is 12.3. The van der Waals surface area contributed by atoms with Crippen LogP contribution in [0.2, 0.25) is 0 Å². The van der Waals surface area contributed by atoms with Crippen LogP contribution in [0, 0.1) is 6.92 Å². The number of hydrogen-bond acceptors (Lipinski definition) is 4. The molecule has 4 rings (SSSR count). The number of morpholine rings is 1. The van der Waals surface area contributed by atoms with Crippen molar-refractivity contribution >= 4 is 23.3 Å². The molecule has 6 heteroatoms. The van der Waals surface area contributed by atoms with Crippen molar-refractivity contribution in [3.63, 3.8) is 0 Å². The van der Waals surface area contributed by atoms with Gasteiger partial charge in [0.15, 0.2) is 0 Å². The molecule has 24 heavy (non-hydrogen) atoms. The van der Waals surface area contributed by atoms with Crippen molar-refractivity contribution in [3.8, 4) is 0 Å². The molecule has 0 radical (unpaired) electrons. The van der Waals surface area contributed by atoms with Crippen LogP contribution in [0.1, 0.15) is 11.1 Å². The molecule has 0 atom stereocenters. The number of likely N-dealkylation sites (tertiary alicyclic amines) is 1. The number of ether oxygens (including phenoxy) is 1. The van der Waals surface area contributed by atoms with Crippen LogP contribution >= 0.6 is 12.4 Å². The highest BCUT2D eigenvalue weighted by molar-refractivity contribution is 5.85. The quantitative estimate of drug-likeness (QED) is 0.917. The number of rotatable bonds is 3. The number of fused-ring (bicyclic) bond motifs is 1. The second-order valence-corrected chi connectivity index (χ2v) is 6.71. The highest BCUT2D eigenvalue weighted by atomic mass is 35.5. The van der Waals surface area contributed by atoms with Crippen LogP contribution in [0.25, 0.3) is 10.9 Å². The van der Waals surface area contributed by atoms with Gasteiger partial charge in [-0.1, -0.05) is 12.1 Å². The molecule has 2 aromatic rings. The summed E-state index contributed by atoms with van der Waals surface area (Å²) in [5.74, 6) is 0. The van der Waals surface area contributed by atoms with Crippen LogP contribution in [-0.4, -0.2) is 60.2 Å².